The second-order valence-electron chi connectivity index (χ2n) is 8.13. The van der Waals surface area contributed by atoms with Crippen molar-refractivity contribution in [2.75, 3.05) is 6.54 Å². The smallest absolute Gasteiger partial charge is 0.237 e. The van der Waals surface area contributed by atoms with Crippen LogP contribution in [-0.4, -0.2) is 39.5 Å². The number of benzene rings is 1. The van der Waals surface area contributed by atoms with Crippen molar-refractivity contribution in [2.45, 2.75) is 45.9 Å². The average Bonchev–Trinajstić information content (AvgIpc) is 3.51. The highest BCUT2D eigenvalue weighted by Crippen LogP contribution is 2.30. The normalized spacial score (nSPS) is 19.1. The number of aromatic nitrogens is 2. The molecule has 32 heavy (non-hydrogen) atoms. The Labute approximate surface area is 190 Å². The molecule has 0 spiro atoms. The van der Waals surface area contributed by atoms with E-state index in [1.165, 1.54) is 6.07 Å². The summed E-state index contributed by atoms with van der Waals surface area (Å²) in [4.78, 5) is 30.8. The van der Waals surface area contributed by atoms with Gasteiger partial charge in [0.1, 0.15) is 0 Å². The van der Waals surface area contributed by atoms with Crippen LogP contribution in [0.15, 0.2) is 34.9 Å². The lowest BCUT2D eigenvalue weighted by molar-refractivity contribution is -0.132. The molecule has 1 saturated heterocycles. The topological polar surface area (TPSA) is 117 Å². The van der Waals surface area contributed by atoms with Crippen LogP contribution in [0.4, 0.5) is 0 Å². The highest BCUT2D eigenvalue weighted by atomic mass is 32.1. The van der Waals surface area contributed by atoms with Crippen LogP contribution in [0.3, 0.4) is 0 Å². The van der Waals surface area contributed by atoms with Crippen LogP contribution in [0.2, 0.25) is 0 Å². The number of aryl methyl sites for hydroxylation is 3. The van der Waals surface area contributed by atoms with Crippen molar-refractivity contribution in [1.29, 1.82) is 0 Å². The summed E-state index contributed by atoms with van der Waals surface area (Å²) in [6, 6.07) is 9.13. The van der Waals surface area contributed by atoms with Crippen molar-refractivity contribution in [1.82, 2.24) is 20.8 Å². The van der Waals surface area contributed by atoms with Crippen LogP contribution in [0.25, 0.3) is 10.4 Å². The summed E-state index contributed by atoms with van der Waals surface area (Å²) in [7, 11) is 0. The van der Waals surface area contributed by atoms with E-state index in [9.17, 15) is 14.7 Å². The highest BCUT2D eigenvalue weighted by molar-refractivity contribution is 7.15. The molecule has 1 aliphatic rings. The van der Waals surface area contributed by atoms with Crippen molar-refractivity contribution < 1.29 is 19.2 Å². The van der Waals surface area contributed by atoms with Gasteiger partial charge in [0, 0.05) is 25.1 Å². The molecule has 168 valence electrons. The second kappa shape index (κ2) is 9.32. The molecule has 0 bridgehead atoms. The minimum absolute atomic E-state index is 0.132. The summed E-state index contributed by atoms with van der Waals surface area (Å²) in [6.07, 6.45) is -1.04. The van der Waals surface area contributed by atoms with Gasteiger partial charge >= 0.3 is 0 Å². The van der Waals surface area contributed by atoms with E-state index in [4.69, 9.17) is 4.52 Å². The molecule has 0 saturated carbocycles. The maximum absolute atomic E-state index is 12.6. The molecule has 3 N–H and O–H groups in total. The van der Waals surface area contributed by atoms with Gasteiger partial charge in [0.05, 0.1) is 27.3 Å². The Morgan fingerprint density at radius 1 is 1.28 bits per heavy atom. The van der Waals surface area contributed by atoms with Crippen LogP contribution in [0, 0.1) is 26.7 Å². The Kier molecular flexibility index (Phi) is 6.50. The number of amides is 1. The molecule has 1 unspecified atom stereocenters. The number of aliphatic hydroxyl groups is 1. The minimum atomic E-state index is -1.37. The van der Waals surface area contributed by atoms with Crippen molar-refractivity contribution in [3.63, 3.8) is 0 Å². The van der Waals surface area contributed by atoms with E-state index in [-0.39, 0.29) is 17.5 Å². The number of carbonyl (C=O) groups excluding carboxylic acids is 2. The van der Waals surface area contributed by atoms with E-state index in [1.807, 2.05) is 38.1 Å². The number of aliphatic hydroxyl groups excluding tert-OH is 1. The van der Waals surface area contributed by atoms with E-state index in [1.54, 1.807) is 18.3 Å². The average molecular weight is 455 g/mol. The van der Waals surface area contributed by atoms with Gasteiger partial charge in [-0.1, -0.05) is 29.4 Å². The first-order valence-electron chi connectivity index (χ1n) is 10.5. The van der Waals surface area contributed by atoms with E-state index in [0.29, 0.717) is 25.2 Å². The Balaban J connectivity index is 1.29. The fourth-order valence-corrected chi connectivity index (χ4v) is 4.84. The minimum Gasteiger partial charge on any atom is -0.377 e. The van der Waals surface area contributed by atoms with Crippen LogP contribution < -0.4 is 10.6 Å². The quantitative estimate of drug-likeness (QED) is 0.502. The van der Waals surface area contributed by atoms with Crippen LogP contribution in [-0.2, 0) is 16.1 Å². The molecular weight excluding hydrogens is 428 g/mol. The Morgan fingerprint density at radius 3 is 2.66 bits per heavy atom. The van der Waals surface area contributed by atoms with Crippen molar-refractivity contribution in [3.05, 3.63) is 58.1 Å². The molecule has 1 aromatic carbocycles. The van der Waals surface area contributed by atoms with Crippen molar-refractivity contribution in [2.24, 2.45) is 5.92 Å². The SMILES string of the molecule is Cc1cc(C(O)C(=O)[C@H]2CN[C@H](C(=O)NCc3ccc(-c4sc(C)nc4C)cc3)C2)on1. The van der Waals surface area contributed by atoms with E-state index in [2.05, 4.69) is 20.8 Å². The number of nitrogens with zero attached hydrogens (tertiary/aromatic N) is 2. The van der Waals surface area contributed by atoms with Gasteiger partial charge in [0.25, 0.3) is 0 Å². The number of nitrogens with one attached hydrogen (secondary N) is 2. The summed E-state index contributed by atoms with van der Waals surface area (Å²) in [5, 5.41) is 21.0. The highest BCUT2D eigenvalue weighted by Gasteiger charge is 2.37. The van der Waals surface area contributed by atoms with Gasteiger partial charge in [-0.25, -0.2) is 4.98 Å². The van der Waals surface area contributed by atoms with Gasteiger partial charge in [-0.05, 0) is 38.3 Å². The third-order valence-corrected chi connectivity index (χ3v) is 6.74. The standard InChI is InChI=1S/C23H26N4O4S/c1-12-8-19(31-27-12)21(29)20(28)17-9-18(24-11-17)23(30)25-10-15-4-6-16(7-5-15)22-13(2)26-14(3)32-22/h4-8,17-18,21,24,29H,9-11H2,1-3H3,(H,25,30)/t17-,18+,21?/m1/s1. The summed E-state index contributed by atoms with van der Waals surface area (Å²) in [6.45, 7) is 6.46. The molecule has 8 nitrogen and oxygen atoms in total. The summed E-state index contributed by atoms with van der Waals surface area (Å²) < 4.78 is 4.99. The lowest BCUT2D eigenvalue weighted by atomic mass is 9.95. The number of Topliss-reactive ketones (excluding diaryl/α,β-unsaturated/α-hetero) is 1. The Hall–Kier alpha value is -2.88. The Morgan fingerprint density at radius 2 is 2.03 bits per heavy atom. The van der Waals surface area contributed by atoms with E-state index < -0.39 is 18.1 Å². The van der Waals surface area contributed by atoms with Gasteiger partial charge in [0.2, 0.25) is 5.91 Å². The van der Waals surface area contributed by atoms with Gasteiger partial charge in [-0.15, -0.1) is 11.3 Å². The predicted octanol–water partition coefficient (Wildman–Crippen LogP) is 2.62. The molecule has 3 aromatic rings. The van der Waals surface area contributed by atoms with Crippen LogP contribution in [0.5, 0.6) is 0 Å². The van der Waals surface area contributed by atoms with Gasteiger partial charge in [0.15, 0.2) is 17.6 Å². The van der Waals surface area contributed by atoms with Gasteiger partial charge in [-0.3, -0.25) is 9.59 Å². The van der Waals surface area contributed by atoms with Crippen LogP contribution in [0.1, 0.15) is 40.2 Å². The van der Waals surface area contributed by atoms with E-state index in [0.717, 1.165) is 26.7 Å². The molecule has 3 heterocycles. The molecule has 0 radical (unpaired) electrons. The van der Waals surface area contributed by atoms with Crippen molar-refractivity contribution in [3.8, 4) is 10.4 Å². The zero-order valence-corrected chi connectivity index (χ0v) is 19.0. The van der Waals surface area contributed by atoms with Crippen molar-refractivity contribution >= 4 is 23.0 Å². The first kappa shape index (κ1) is 22.3. The zero-order valence-electron chi connectivity index (χ0n) is 18.2. The predicted molar refractivity (Wildman–Crippen MR) is 120 cm³/mol. The maximum Gasteiger partial charge on any atom is 0.237 e. The zero-order chi connectivity index (χ0) is 22.8. The molecule has 3 atom stereocenters. The first-order chi connectivity index (χ1) is 15.3. The fourth-order valence-electron chi connectivity index (χ4n) is 3.91. The molecule has 0 aliphatic carbocycles. The maximum atomic E-state index is 12.6. The largest absolute Gasteiger partial charge is 0.377 e. The van der Waals surface area contributed by atoms with Gasteiger partial charge < -0.3 is 20.3 Å². The molecule has 1 amide bonds. The third kappa shape index (κ3) is 4.79. The Bertz CT molecular complexity index is 1120. The molecular formula is C23H26N4O4S. The molecule has 1 fully saturated rings. The van der Waals surface area contributed by atoms with Crippen LogP contribution >= 0.6 is 11.3 Å². The molecule has 2 aromatic heterocycles. The molecule has 4 rings (SSSR count). The first-order valence-corrected chi connectivity index (χ1v) is 11.3. The number of ketones is 1. The second-order valence-corrected chi connectivity index (χ2v) is 9.33. The summed E-state index contributed by atoms with van der Waals surface area (Å²) in [5.41, 5.74) is 3.72. The number of hydrogen-bond acceptors (Lipinski definition) is 8. The number of thiazole rings is 1. The van der Waals surface area contributed by atoms with Gasteiger partial charge in [-0.2, -0.15) is 0 Å². The lowest BCUT2D eigenvalue weighted by Gasteiger charge is -2.13. The summed E-state index contributed by atoms with van der Waals surface area (Å²) >= 11 is 1.67. The monoisotopic (exact) mass is 454 g/mol. The fraction of sp³-hybridized carbons (Fsp3) is 0.391. The van der Waals surface area contributed by atoms with E-state index >= 15 is 0 Å². The number of hydrogen-bond donors (Lipinski definition) is 3. The lowest BCUT2D eigenvalue weighted by Crippen LogP contribution is -2.39. The number of carbonyl (C=O) groups is 2. The third-order valence-electron chi connectivity index (χ3n) is 5.62. The summed E-state index contributed by atoms with van der Waals surface area (Å²) in [5.74, 6) is -0.861. The molecule has 1 aliphatic heterocycles. The number of rotatable bonds is 7. The molecule has 9 heteroatoms.